The first kappa shape index (κ1) is 19.9. The van der Waals surface area contributed by atoms with Crippen LogP contribution in [0.5, 0.6) is 0 Å². The van der Waals surface area contributed by atoms with Gasteiger partial charge in [-0.1, -0.05) is 18.7 Å². The average Bonchev–Trinajstić information content (AvgIpc) is 2.53. The predicted octanol–water partition coefficient (Wildman–Crippen LogP) is 1.51. The third kappa shape index (κ3) is 4.24. The fraction of sp³-hybridized carbons (Fsp3) is 0.438. The van der Waals surface area contributed by atoms with Crippen LogP contribution in [0.4, 0.5) is 0 Å². The Balaban J connectivity index is 3.19. The summed E-state index contributed by atoms with van der Waals surface area (Å²) in [6, 6.07) is 0. The van der Waals surface area contributed by atoms with Crippen molar-refractivity contribution in [2.75, 3.05) is 12.5 Å². The Morgan fingerprint density at radius 2 is 2.00 bits per heavy atom. The van der Waals surface area contributed by atoms with E-state index in [0.29, 0.717) is 12.0 Å². The lowest BCUT2D eigenvalue weighted by atomic mass is 9.73. The van der Waals surface area contributed by atoms with E-state index in [9.17, 15) is 29.7 Å². The highest BCUT2D eigenvalue weighted by atomic mass is 35.5. The summed E-state index contributed by atoms with van der Waals surface area (Å²) in [4.78, 5) is 34.0. The molecule has 0 heterocycles. The van der Waals surface area contributed by atoms with Crippen LogP contribution < -0.4 is 0 Å². The average molecular weight is 359 g/mol. The third-order valence-electron chi connectivity index (χ3n) is 3.72. The van der Waals surface area contributed by atoms with Gasteiger partial charge in [-0.15, -0.1) is 11.6 Å². The molecule has 2 atom stereocenters. The van der Waals surface area contributed by atoms with Crippen molar-refractivity contribution in [2.45, 2.75) is 24.9 Å². The lowest BCUT2D eigenvalue weighted by Gasteiger charge is -2.35. The van der Waals surface area contributed by atoms with Gasteiger partial charge in [-0.3, -0.25) is 4.79 Å². The number of allylic oxidation sites excluding steroid dienone is 1. The molecule has 0 aliphatic heterocycles. The van der Waals surface area contributed by atoms with Gasteiger partial charge in [0.15, 0.2) is 0 Å². The van der Waals surface area contributed by atoms with Gasteiger partial charge in [-0.25, -0.2) is 9.59 Å². The van der Waals surface area contributed by atoms with E-state index in [0.717, 1.165) is 12.2 Å². The lowest BCUT2D eigenvalue weighted by molar-refractivity contribution is -0.167. The van der Waals surface area contributed by atoms with E-state index in [4.69, 9.17) is 16.3 Å². The molecule has 0 spiro atoms. The number of carboxylic acid groups (broad SMARTS) is 2. The van der Waals surface area contributed by atoms with Gasteiger partial charge in [0.1, 0.15) is 5.92 Å². The number of aliphatic carboxylic acids is 2. The Morgan fingerprint density at radius 1 is 1.33 bits per heavy atom. The number of esters is 1. The fourth-order valence-corrected chi connectivity index (χ4v) is 2.69. The molecular formula is C16H19ClO7. The molecule has 24 heavy (non-hydrogen) atoms. The zero-order valence-electron chi connectivity index (χ0n) is 12.9. The maximum atomic E-state index is 11.6. The molecule has 2 unspecified atom stereocenters. The molecule has 0 aromatic heterocycles. The Morgan fingerprint density at radius 3 is 2.50 bits per heavy atom. The summed E-state index contributed by atoms with van der Waals surface area (Å²) >= 11 is 5.64. The SMILES string of the molecule is C=CC(=O)OCCC1=C(CCCCl)C(O)(C(=O)O)C(C(=O)O)C=C1. The van der Waals surface area contributed by atoms with Crippen LogP contribution >= 0.6 is 11.6 Å². The number of rotatable bonds is 9. The van der Waals surface area contributed by atoms with E-state index >= 15 is 0 Å². The van der Waals surface area contributed by atoms with Crippen molar-refractivity contribution in [3.8, 4) is 0 Å². The molecular weight excluding hydrogens is 340 g/mol. The number of hydrogen-bond acceptors (Lipinski definition) is 5. The molecule has 0 aromatic carbocycles. The Hall–Kier alpha value is -2.12. The molecule has 1 aliphatic carbocycles. The first-order valence-corrected chi connectivity index (χ1v) is 7.76. The third-order valence-corrected chi connectivity index (χ3v) is 3.99. The van der Waals surface area contributed by atoms with E-state index in [1.807, 2.05) is 0 Å². The van der Waals surface area contributed by atoms with Crippen LogP contribution in [0, 0.1) is 5.92 Å². The first-order chi connectivity index (χ1) is 11.3. The fourth-order valence-electron chi connectivity index (χ4n) is 2.56. The van der Waals surface area contributed by atoms with Crippen LogP contribution in [0.3, 0.4) is 0 Å². The highest BCUT2D eigenvalue weighted by molar-refractivity contribution is 6.17. The maximum Gasteiger partial charge on any atom is 0.341 e. The van der Waals surface area contributed by atoms with Crippen LogP contribution in [0.1, 0.15) is 19.3 Å². The molecule has 0 bridgehead atoms. The standard InChI is InChI=1S/C16H19ClO7/c1-2-13(18)24-9-7-10-5-6-12(14(19)20)16(23,15(21)22)11(10)4-3-8-17/h2,5-6,12,23H,1,3-4,7-9H2,(H,19,20)(H,21,22). The maximum absolute atomic E-state index is 11.6. The number of carbonyl (C=O) groups is 3. The smallest absolute Gasteiger partial charge is 0.341 e. The van der Waals surface area contributed by atoms with Crippen molar-refractivity contribution in [1.82, 2.24) is 0 Å². The molecule has 132 valence electrons. The molecule has 0 fully saturated rings. The van der Waals surface area contributed by atoms with Crippen LogP contribution in [0.15, 0.2) is 36.0 Å². The molecule has 7 nitrogen and oxygen atoms in total. The quantitative estimate of drug-likeness (QED) is 0.324. The van der Waals surface area contributed by atoms with Gasteiger partial charge in [0.25, 0.3) is 0 Å². The van der Waals surface area contributed by atoms with Crippen molar-refractivity contribution in [3.05, 3.63) is 36.0 Å². The second kappa shape index (κ2) is 8.65. The minimum atomic E-state index is -2.57. The predicted molar refractivity (Wildman–Crippen MR) is 85.6 cm³/mol. The zero-order chi connectivity index (χ0) is 18.3. The summed E-state index contributed by atoms with van der Waals surface area (Å²) < 4.78 is 4.85. The molecule has 0 aromatic rings. The molecule has 8 heteroatoms. The minimum absolute atomic E-state index is 0.0532. The molecule has 1 rings (SSSR count). The van der Waals surface area contributed by atoms with E-state index in [-0.39, 0.29) is 30.9 Å². The highest BCUT2D eigenvalue weighted by Crippen LogP contribution is 2.38. The zero-order valence-corrected chi connectivity index (χ0v) is 13.7. The number of aliphatic hydroxyl groups is 1. The summed E-state index contributed by atoms with van der Waals surface area (Å²) in [5.41, 5.74) is -2.08. The van der Waals surface area contributed by atoms with Crippen molar-refractivity contribution >= 4 is 29.5 Å². The van der Waals surface area contributed by atoms with E-state index in [1.54, 1.807) is 0 Å². The van der Waals surface area contributed by atoms with E-state index in [2.05, 4.69) is 6.58 Å². The van der Waals surface area contributed by atoms with Crippen molar-refractivity contribution in [2.24, 2.45) is 5.92 Å². The summed E-state index contributed by atoms with van der Waals surface area (Å²) in [6.45, 7) is 3.21. The number of carboxylic acids is 2. The summed E-state index contributed by atoms with van der Waals surface area (Å²) in [5.74, 6) is -5.12. The van der Waals surface area contributed by atoms with Crippen LogP contribution in [0.2, 0.25) is 0 Å². The molecule has 3 N–H and O–H groups in total. The second-order valence-electron chi connectivity index (χ2n) is 5.16. The topological polar surface area (TPSA) is 121 Å². The lowest BCUT2D eigenvalue weighted by Crippen LogP contribution is -2.51. The van der Waals surface area contributed by atoms with Gasteiger partial charge in [0.05, 0.1) is 6.61 Å². The molecule has 0 saturated carbocycles. The van der Waals surface area contributed by atoms with Crippen LogP contribution in [0.25, 0.3) is 0 Å². The monoisotopic (exact) mass is 358 g/mol. The molecule has 0 radical (unpaired) electrons. The first-order valence-electron chi connectivity index (χ1n) is 7.23. The number of halogens is 1. The number of hydrogen-bond donors (Lipinski definition) is 3. The van der Waals surface area contributed by atoms with Gasteiger partial charge in [0, 0.05) is 18.4 Å². The number of ether oxygens (including phenoxy) is 1. The van der Waals surface area contributed by atoms with Gasteiger partial charge < -0.3 is 20.1 Å². The molecule has 1 aliphatic rings. The van der Waals surface area contributed by atoms with Crippen LogP contribution in [-0.4, -0.2) is 51.3 Å². The Bertz CT molecular complexity index is 593. The van der Waals surface area contributed by atoms with Gasteiger partial charge in [-0.2, -0.15) is 0 Å². The van der Waals surface area contributed by atoms with Crippen molar-refractivity contribution in [1.29, 1.82) is 0 Å². The van der Waals surface area contributed by atoms with E-state index in [1.165, 1.54) is 6.08 Å². The van der Waals surface area contributed by atoms with Gasteiger partial charge in [0.2, 0.25) is 5.60 Å². The van der Waals surface area contributed by atoms with Crippen molar-refractivity contribution < 1.29 is 34.4 Å². The summed E-state index contributed by atoms with van der Waals surface area (Å²) in [7, 11) is 0. The highest BCUT2D eigenvalue weighted by Gasteiger charge is 2.52. The Kier molecular flexibility index (Phi) is 7.18. The second-order valence-corrected chi connectivity index (χ2v) is 5.54. The number of alkyl halides is 1. The number of carbonyl (C=O) groups excluding carboxylic acids is 1. The Labute approximate surface area is 143 Å². The minimum Gasteiger partial charge on any atom is -0.481 e. The molecule has 0 saturated heterocycles. The normalized spacial score (nSPS) is 23.0. The molecule has 0 amide bonds. The summed E-state index contributed by atoms with van der Waals surface area (Å²) in [5, 5.41) is 29.3. The van der Waals surface area contributed by atoms with Gasteiger partial charge >= 0.3 is 17.9 Å². The van der Waals surface area contributed by atoms with E-state index < -0.39 is 29.4 Å². The van der Waals surface area contributed by atoms with Crippen LogP contribution in [-0.2, 0) is 19.1 Å². The summed E-state index contributed by atoms with van der Waals surface area (Å²) in [6.07, 6.45) is 4.18. The van der Waals surface area contributed by atoms with Crippen molar-refractivity contribution in [3.63, 3.8) is 0 Å². The largest absolute Gasteiger partial charge is 0.481 e. The van der Waals surface area contributed by atoms with Gasteiger partial charge in [-0.05, 0) is 24.0 Å².